The lowest BCUT2D eigenvalue weighted by molar-refractivity contribution is 0.261. The highest BCUT2D eigenvalue weighted by molar-refractivity contribution is 7.92. The van der Waals surface area contributed by atoms with Crippen LogP contribution in [-0.4, -0.2) is 20.8 Å². The van der Waals surface area contributed by atoms with Gasteiger partial charge in [0.25, 0.3) is 0 Å². The largest absolute Gasteiger partial charge is 0.476 e. The standard InChI is InChI=1S/C12H14FNO3S2/c1-19(15,16)14-11-7-8-12(18-11)17-10-4-2-3-9(13)5-6-10/h2,4-5,7-8,10,14H,3,6H2,1H3. The smallest absolute Gasteiger partial charge is 0.230 e. The number of hydrogen-bond donors (Lipinski definition) is 1. The first kappa shape index (κ1) is 14.1. The summed E-state index contributed by atoms with van der Waals surface area (Å²) in [5.41, 5.74) is 0. The molecule has 1 unspecified atom stereocenters. The van der Waals surface area contributed by atoms with Gasteiger partial charge in [0.1, 0.15) is 11.1 Å². The van der Waals surface area contributed by atoms with Crippen molar-refractivity contribution in [2.45, 2.75) is 18.9 Å². The molecule has 0 saturated heterocycles. The van der Waals surface area contributed by atoms with Gasteiger partial charge in [-0.3, -0.25) is 4.72 Å². The van der Waals surface area contributed by atoms with Gasteiger partial charge < -0.3 is 4.74 Å². The second-order valence-electron chi connectivity index (χ2n) is 4.17. The van der Waals surface area contributed by atoms with Crippen molar-refractivity contribution in [3.63, 3.8) is 0 Å². The van der Waals surface area contributed by atoms with Crippen LogP contribution in [0.4, 0.5) is 9.39 Å². The van der Waals surface area contributed by atoms with Gasteiger partial charge in [0.15, 0.2) is 5.06 Å². The Morgan fingerprint density at radius 3 is 3.00 bits per heavy atom. The van der Waals surface area contributed by atoms with Crippen LogP contribution in [0.3, 0.4) is 0 Å². The van der Waals surface area contributed by atoms with Crippen LogP contribution in [0.5, 0.6) is 5.06 Å². The molecular weight excluding hydrogens is 289 g/mol. The number of thiophene rings is 1. The highest BCUT2D eigenvalue weighted by atomic mass is 32.2. The summed E-state index contributed by atoms with van der Waals surface area (Å²) >= 11 is 1.20. The molecule has 0 radical (unpaired) electrons. The first-order valence-corrected chi connectivity index (χ1v) is 8.38. The minimum Gasteiger partial charge on any atom is -0.476 e. The molecule has 1 aliphatic carbocycles. The van der Waals surface area contributed by atoms with Gasteiger partial charge in [-0.05, 0) is 24.3 Å². The fourth-order valence-corrected chi connectivity index (χ4v) is 3.31. The Kier molecular flexibility index (Phi) is 4.26. The summed E-state index contributed by atoms with van der Waals surface area (Å²) in [6, 6.07) is 3.33. The van der Waals surface area contributed by atoms with E-state index in [1.165, 1.54) is 17.4 Å². The van der Waals surface area contributed by atoms with E-state index in [1.807, 2.05) is 6.08 Å². The molecule has 0 saturated carbocycles. The predicted molar refractivity (Wildman–Crippen MR) is 74.8 cm³/mol. The van der Waals surface area contributed by atoms with Crippen molar-refractivity contribution in [2.75, 3.05) is 11.0 Å². The molecule has 0 aliphatic heterocycles. The monoisotopic (exact) mass is 303 g/mol. The van der Waals surface area contributed by atoms with Crippen LogP contribution < -0.4 is 9.46 Å². The van der Waals surface area contributed by atoms with Gasteiger partial charge in [0, 0.05) is 12.8 Å². The zero-order valence-corrected chi connectivity index (χ0v) is 11.9. The molecule has 4 nitrogen and oxygen atoms in total. The summed E-state index contributed by atoms with van der Waals surface area (Å²) in [7, 11) is -3.28. The Balaban J connectivity index is 2.00. The Morgan fingerprint density at radius 1 is 1.47 bits per heavy atom. The second kappa shape index (κ2) is 5.75. The average molecular weight is 303 g/mol. The minimum absolute atomic E-state index is 0.159. The van der Waals surface area contributed by atoms with E-state index in [4.69, 9.17) is 4.74 Å². The summed E-state index contributed by atoms with van der Waals surface area (Å²) < 4.78 is 43.2. The minimum atomic E-state index is -3.28. The molecule has 1 aromatic rings. The third-order valence-corrected chi connectivity index (χ3v) is 3.98. The molecular formula is C12H14FNO3S2. The molecule has 0 amide bonds. The van der Waals surface area contributed by atoms with Gasteiger partial charge in [-0.1, -0.05) is 17.4 Å². The SMILES string of the molecule is CS(=O)(=O)Nc1ccc(OC2C=CCC(F)=CC2)s1. The van der Waals surface area contributed by atoms with E-state index in [0.717, 1.165) is 6.26 Å². The van der Waals surface area contributed by atoms with Crippen LogP contribution in [0, 0.1) is 0 Å². The zero-order valence-electron chi connectivity index (χ0n) is 10.3. The molecule has 1 N–H and O–H groups in total. The fourth-order valence-electron chi connectivity index (χ4n) is 1.60. The third-order valence-electron chi connectivity index (χ3n) is 2.37. The van der Waals surface area contributed by atoms with Crippen molar-refractivity contribution in [2.24, 2.45) is 0 Å². The van der Waals surface area contributed by atoms with Crippen molar-refractivity contribution in [3.8, 4) is 5.06 Å². The highest BCUT2D eigenvalue weighted by Crippen LogP contribution is 2.31. The number of hydrogen-bond acceptors (Lipinski definition) is 4. The topological polar surface area (TPSA) is 55.4 Å². The quantitative estimate of drug-likeness (QED) is 0.870. The fraction of sp³-hybridized carbons (Fsp3) is 0.333. The van der Waals surface area contributed by atoms with Crippen LogP contribution >= 0.6 is 11.3 Å². The normalized spacial score (nSPS) is 19.7. The van der Waals surface area contributed by atoms with Crippen molar-refractivity contribution in [1.82, 2.24) is 0 Å². The zero-order chi connectivity index (χ0) is 13.9. The number of nitrogens with one attached hydrogen (secondary N) is 1. The number of anilines is 1. The summed E-state index contributed by atoms with van der Waals surface area (Å²) in [6.45, 7) is 0. The summed E-state index contributed by atoms with van der Waals surface area (Å²) in [6.07, 6.45) is 6.68. The lowest BCUT2D eigenvalue weighted by Crippen LogP contribution is -2.11. The van der Waals surface area contributed by atoms with Crippen LogP contribution in [0.15, 0.2) is 36.2 Å². The molecule has 0 bridgehead atoms. The van der Waals surface area contributed by atoms with Crippen molar-refractivity contribution in [1.29, 1.82) is 0 Å². The Bertz CT molecular complexity index is 604. The van der Waals surface area contributed by atoms with E-state index in [0.29, 0.717) is 22.9 Å². The van der Waals surface area contributed by atoms with E-state index in [9.17, 15) is 12.8 Å². The molecule has 1 atom stereocenters. The van der Waals surface area contributed by atoms with Crippen molar-refractivity contribution < 1.29 is 17.5 Å². The maximum absolute atomic E-state index is 13.0. The van der Waals surface area contributed by atoms with Crippen molar-refractivity contribution >= 4 is 26.4 Å². The lowest BCUT2D eigenvalue weighted by Gasteiger charge is -2.11. The molecule has 19 heavy (non-hydrogen) atoms. The van der Waals surface area contributed by atoms with Crippen LogP contribution in [0.2, 0.25) is 0 Å². The van der Waals surface area contributed by atoms with Gasteiger partial charge in [-0.2, -0.15) is 0 Å². The molecule has 1 aliphatic rings. The Hall–Kier alpha value is -1.34. The number of ether oxygens (including phenoxy) is 1. The molecule has 1 heterocycles. The first-order chi connectivity index (χ1) is 8.92. The number of halogens is 1. The predicted octanol–water partition coefficient (Wildman–Crippen LogP) is 3.07. The van der Waals surface area contributed by atoms with Crippen molar-refractivity contribution in [3.05, 3.63) is 36.2 Å². The summed E-state index contributed by atoms with van der Waals surface area (Å²) in [5, 5.41) is 1.09. The summed E-state index contributed by atoms with van der Waals surface area (Å²) in [4.78, 5) is 0. The number of allylic oxidation sites excluding steroid dienone is 2. The van der Waals surface area contributed by atoms with Crippen LogP contribution in [-0.2, 0) is 10.0 Å². The van der Waals surface area contributed by atoms with Gasteiger partial charge in [-0.15, -0.1) is 0 Å². The maximum atomic E-state index is 13.0. The van der Waals surface area contributed by atoms with Gasteiger partial charge in [0.05, 0.1) is 12.1 Å². The Labute approximate surface area is 115 Å². The third kappa shape index (κ3) is 4.68. The molecule has 1 aromatic heterocycles. The molecule has 0 fully saturated rings. The average Bonchev–Trinajstić information content (AvgIpc) is 2.59. The molecule has 7 heteroatoms. The molecule has 0 aromatic carbocycles. The van der Waals surface area contributed by atoms with Crippen LogP contribution in [0.25, 0.3) is 0 Å². The molecule has 2 rings (SSSR count). The van der Waals surface area contributed by atoms with E-state index in [1.54, 1.807) is 18.2 Å². The second-order valence-corrected chi connectivity index (χ2v) is 6.96. The molecule has 104 valence electrons. The Morgan fingerprint density at radius 2 is 2.26 bits per heavy atom. The highest BCUT2D eigenvalue weighted by Gasteiger charge is 2.12. The first-order valence-electron chi connectivity index (χ1n) is 5.68. The molecule has 0 spiro atoms. The number of rotatable bonds is 4. The van der Waals surface area contributed by atoms with E-state index in [-0.39, 0.29) is 11.9 Å². The van der Waals surface area contributed by atoms with E-state index in [2.05, 4.69) is 4.72 Å². The number of sulfonamides is 1. The van der Waals surface area contributed by atoms with Gasteiger partial charge >= 0.3 is 0 Å². The lowest BCUT2D eigenvalue weighted by atomic mass is 10.2. The summed E-state index contributed by atoms with van der Waals surface area (Å²) in [5.74, 6) is -0.159. The van der Waals surface area contributed by atoms with Gasteiger partial charge in [-0.25, -0.2) is 12.8 Å². The van der Waals surface area contributed by atoms with E-state index < -0.39 is 10.0 Å². The van der Waals surface area contributed by atoms with Gasteiger partial charge in [0.2, 0.25) is 10.0 Å². The van der Waals surface area contributed by atoms with E-state index >= 15 is 0 Å². The maximum Gasteiger partial charge on any atom is 0.230 e. The van der Waals surface area contributed by atoms with Crippen LogP contribution in [0.1, 0.15) is 12.8 Å².